The van der Waals surface area contributed by atoms with Gasteiger partial charge < -0.3 is 9.47 Å². The average molecular weight is 273 g/mol. The Morgan fingerprint density at radius 3 is 2.33 bits per heavy atom. The van der Waals surface area contributed by atoms with E-state index in [2.05, 4.69) is 4.74 Å². The SMILES string of the molecule is CCOC(=O)c1cc([N+](=O)[O-])c(C(=O)OCC)s1. The third-order valence-corrected chi connectivity index (χ3v) is 2.93. The molecule has 7 nitrogen and oxygen atoms in total. The predicted octanol–water partition coefficient (Wildman–Crippen LogP) is 2.01. The molecule has 0 saturated carbocycles. The van der Waals surface area contributed by atoms with E-state index in [1.54, 1.807) is 13.8 Å². The quantitative estimate of drug-likeness (QED) is 0.462. The number of nitrogens with zero attached hydrogens (tertiary/aromatic N) is 1. The number of carbonyl (C=O) groups excluding carboxylic acids is 2. The highest BCUT2D eigenvalue weighted by Gasteiger charge is 2.28. The molecule has 0 saturated heterocycles. The van der Waals surface area contributed by atoms with E-state index < -0.39 is 22.5 Å². The van der Waals surface area contributed by atoms with E-state index in [0.29, 0.717) is 11.3 Å². The van der Waals surface area contributed by atoms with Gasteiger partial charge in [0, 0.05) is 6.07 Å². The summed E-state index contributed by atoms with van der Waals surface area (Å²) in [5.41, 5.74) is -0.443. The number of carbonyl (C=O) groups is 2. The highest BCUT2D eigenvalue weighted by Crippen LogP contribution is 2.30. The van der Waals surface area contributed by atoms with E-state index in [4.69, 9.17) is 4.74 Å². The van der Waals surface area contributed by atoms with Crippen molar-refractivity contribution < 1.29 is 24.0 Å². The number of thiophene rings is 1. The molecule has 0 amide bonds. The molecule has 1 aromatic heterocycles. The Morgan fingerprint density at radius 1 is 1.28 bits per heavy atom. The first-order valence-corrected chi connectivity index (χ1v) is 5.95. The highest BCUT2D eigenvalue weighted by molar-refractivity contribution is 7.16. The van der Waals surface area contributed by atoms with Gasteiger partial charge in [0.05, 0.1) is 18.1 Å². The second-order valence-corrected chi connectivity index (χ2v) is 4.08. The first kappa shape index (κ1) is 14.1. The lowest BCUT2D eigenvalue weighted by Gasteiger charge is -1.97. The fourth-order valence-electron chi connectivity index (χ4n) is 1.16. The van der Waals surface area contributed by atoms with E-state index in [0.717, 1.165) is 6.07 Å². The van der Waals surface area contributed by atoms with Crippen LogP contribution in [0.2, 0.25) is 0 Å². The summed E-state index contributed by atoms with van der Waals surface area (Å²) in [7, 11) is 0. The number of rotatable bonds is 5. The van der Waals surface area contributed by atoms with Crippen LogP contribution < -0.4 is 0 Å². The molecule has 98 valence electrons. The zero-order chi connectivity index (χ0) is 13.7. The molecule has 0 bridgehead atoms. The molecule has 0 aliphatic rings. The van der Waals surface area contributed by atoms with Gasteiger partial charge in [0.2, 0.25) is 0 Å². The molecule has 0 aliphatic carbocycles. The third kappa shape index (κ3) is 3.04. The van der Waals surface area contributed by atoms with E-state index in [-0.39, 0.29) is 23.0 Å². The van der Waals surface area contributed by atoms with Gasteiger partial charge in [-0.05, 0) is 13.8 Å². The van der Waals surface area contributed by atoms with E-state index >= 15 is 0 Å². The maximum Gasteiger partial charge on any atom is 0.355 e. The molecule has 0 aromatic carbocycles. The molecule has 1 heterocycles. The monoisotopic (exact) mass is 273 g/mol. The first-order chi connectivity index (χ1) is 8.51. The fraction of sp³-hybridized carbons (Fsp3) is 0.400. The lowest BCUT2D eigenvalue weighted by molar-refractivity contribution is -0.384. The Bertz CT molecular complexity index is 481. The van der Waals surface area contributed by atoms with E-state index in [1.807, 2.05) is 0 Å². The Hall–Kier alpha value is -1.96. The van der Waals surface area contributed by atoms with Crippen molar-refractivity contribution in [1.29, 1.82) is 0 Å². The summed E-state index contributed by atoms with van der Waals surface area (Å²) in [4.78, 5) is 32.8. The lowest BCUT2D eigenvalue weighted by Crippen LogP contribution is -2.04. The standard InChI is InChI=1S/C10H11NO6S/c1-3-16-9(12)7-5-6(11(14)15)8(18-7)10(13)17-4-2/h5H,3-4H2,1-2H3. The van der Waals surface area contributed by atoms with Crippen molar-refractivity contribution in [1.82, 2.24) is 0 Å². The summed E-state index contributed by atoms with van der Waals surface area (Å²) in [6.45, 7) is 3.46. The van der Waals surface area contributed by atoms with Crippen molar-refractivity contribution in [2.45, 2.75) is 13.8 Å². The van der Waals surface area contributed by atoms with Crippen molar-refractivity contribution in [3.8, 4) is 0 Å². The van der Waals surface area contributed by atoms with Gasteiger partial charge in [0.1, 0.15) is 4.88 Å². The van der Waals surface area contributed by atoms with Crippen molar-refractivity contribution in [3.05, 3.63) is 25.9 Å². The molecule has 0 spiro atoms. The van der Waals surface area contributed by atoms with Gasteiger partial charge in [-0.25, -0.2) is 9.59 Å². The van der Waals surface area contributed by atoms with E-state index in [1.165, 1.54) is 0 Å². The Morgan fingerprint density at radius 2 is 1.83 bits per heavy atom. The minimum absolute atomic E-state index is 0.00611. The molecule has 0 radical (unpaired) electrons. The summed E-state index contributed by atoms with van der Waals surface area (Å²) in [6, 6.07) is 1.02. The van der Waals surface area contributed by atoms with Crippen molar-refractivity contribution in [2.24, 2.45) is 0 Å². The van der Waals surface area contributed by atoms with Crippen LogP contribution in [0, 0.1) is 10.1 Å². The zero-order valence-corrected chi connectivity index (χ0v) is 10.6. The molecule has 1 rings (SSSR count). The van der Waals surface area contributed by atoms with Crippen molar-refractivity contribution in [3.63, 3.8) is 0 Å². The molecule has 18 heavy (non-hydrogen) atoms. The Balaban J connectivity index is 3.12. The van der Waals surface area contributed by atoms with Crippen LogP contribution >= 0.6 is 11.3 Å². The van der Waals surface area contributed by atoms with Gasteiger partial charge in [-0.1, -0.05) is 0 Å². The van der Waals surface area contributed by atoms with Crippen LogP contribution in [0.3, 0.4) is 0 Å². The fourth-order valence-corrected chi connectivity index (χ4v) is 2.08. The number of ether oxygens (including phenoxy) is 2. The van der Waals surface area contributed by atoms with E-state index in [9.17, 15) is 19.7 Å². The normalized spacial score (nSPS) is 9.89. The number of hydrogen-bond donors (Lipinski definition) is 0. The summed E-state index contributed by atoms with van der Waals surface area (Å²) in [5, 5.41) is 10.8. The molecule has 0 atom stereocenters. The molecule has 0 unspecified atom stereocenters. The van der Waals surface area contributed by atoms with Gasteiger partial charge in [-0.3, -0.25) is 10.1 Å². The number of esters is 2. The second kappa shape index (κ2) is 6.10. The summed E-state index contributed by atoms with van der Waals surface area (Å²) >= 11 is 0.693. The molecule has 1 aromatic rings. The number of hydrogen-bond acceptors (Lipinski definition) is 7. The van der Waals surface area contributed by atoms with Crippen LogP contribution in [-0.4, -0.2) is 30.1 Å². The minimum Gasteiger partial charge on any atom is -0.462 e. The highest BCUT2D eigenvalue weighted by atomic mass is 32.1. The van der Waals surface area contributed by atoms with Gasteiger partial charge >= 0.3 is 11.9 Å². The van der Waals surface area contributed by atoms with Crippen molar-refractivity contribution >= 4 is 29.0 Å². The topological polar surface area (TPSA) is 95.7 Å². The maximum atomic E-state index is 11.5. The summed E-state index contributed by atoms with van der Waals surface area (Å²) < 4.78 is 9.40. The Labute approximate surface area is 106 Å². The zero-order valence-electron chi connectivity index (χ0n) is 9.80. The summed E-state index contributed by atoms with van der Waals surface area (Å²) in [6.07, 6.45) is 0. The van der Waals surface area contributed by atoms with Crippen molar-refractivity contribution in [2.75, 3.05) is 13.2 Å². The predicted molar refractivity (Wildman–Crippen MR) is 62.9 cm³/mol. The Kier molecular flexibility index (Phi) is 4.78. The largest absolute Gasteiger partial charge is 0.462 e. The third-order valence-electron chi connectivity index (χ3n) is 1.85. The van der Waals surface area contributed by atoms with Gasteiger partial charge in [0.25, 0.3) is 5.69 Å². The smallest absolute Gasteiger partial charge is 0.355 e. The summed E-state index contributed by atoms with van der Waals surface area (Å²) in [5.74, 6) is -1.51. The molecular weight excluding hydrogens is 262 g/mol. The average Bonchev–Trinajstić information content (AvgIpc) is 2.74. The molecule has 0 N–H and O–H groups in total. The van der Waals surface area contributed by atoms with Crippen LogP contribution in [0.15, 0.2) is 6.07 Å². The minimum atomic E-state index is -0.815. The van der Waals surface area contributed by atoms with Crippen LogP contribution in [-0.2, 0) is 9.47 Å². The maximum absolute atomic E-state index is 11.5. The molecule has 0 fully saturated rings. The second-order valence-electron chi connectivity index (χ2n) is 3.02. The van der Waals surface area contributed by atoms with Crippen LogP contribution in [0.5, 0.6) is 0 Å². The van der Waals surface area contributed by atoms with Crippen LogP contribution in [0.25, 0.3) is 0 Å². The number of nitro groups is 1. The molecule has 0 aliphatic heterocycles. The lowest BCUT2D eigenvalue weighted by atomic mass is 10.3. The first-order valence-electron chi connectivity index (χ1n) is 5.13. The van der Waals surface area contributed by atoms with Gasteiger partial charge in [-0.15, -0.1) is 11.3 Å². The molecular formula is C10H11NO6S. The van der Waals surface area contributed by atoms with Gasteiger partial charge in [0.15, 0.2) is 4.88 Å². The van der Waals surface area contributed by atoms with Gasteiger partial charge in [-0.2, -0.15) is 0 Å². The molecule has 8 heteroatoms. The van der Waals surface area contributed by atoms with Crippen LogP contribution in [0.1, 0.15) is 33.2 Å². The van der Waals surface area contributed by atoms with Crippen LogP contribution in [0.4, 0.5) is 5.69 Å².